The molecule has 0 saturated carbocycles. The number of aryl methyl sites for hydroxylation is 2. The summed E-state index contributed by atoms with van der Waals surface area (Å²) in [5.41, 5.74) is 9.16. The Morgan fingerprint density at radius 3 is 2.61 bits per heavy atom. The zero-order valence-corrected chi connectivity index (χ0v) is 10.4. The lowest BCUT2D eigenvalue weighted by Crippen LogP contribution is -2.12. The van der Waals surface area contributed by atoms with E-state index in [2.05, 4.69) is 10.3 Å². The zero-order chi connectivity index (χ0) is 13.1. The van der Waals surface area contributed by atoms with E-state index < -0.39 is 0 Å². The lowest BCUT2D eigenvalue weighted by Gasteiger charge is -2.07. The zero-order valence-electron chi connectivity index (χ0n) is 10.4. The smallest absolute Gasteiger partial charge is 0.255 e. The standard InChI is InChI=1S/C14H15N3O/c1-9-3-4-12(7-10(9)2)17-14(18)11-5-6-16-13(15)8-11/h3-8H,1-2H3,(H2,15,16)(H,17,18). The van der Waals surface area contributed by atoms with Crippen LogP contribution >= 0.6 is 0 Å². The monoisotopic (exact) mass is 241 g/mol. The number of anilines is 2. The first-order chi connectivity index (χ1) is 8.56. The van der Waals surface area contributed by atoms with Crippen molar-refractivity contribution in [2.75, 3.05) is 11.1 Å². The summed E-state index contributed by atoms with van der Waals surface area (Å²) in [4.78, 5) is 15.8. The van der Waals surface area contributed by atoms with Crippen molar-refractivity contribution >= 4 is 17.4 Å². The number of pyridine rings is 1. The topological polar surface area (TPSA) is 68.0 Å². The molecule has 0 radical (unpaired) electrons. The third-order valence-corrected chi connectivity index (χ3v) is 2.81. The summed E-state index contributed by atoms with van der Waals surface area (Å²) >= 11 is 0. The van der Waals surface area contributed by atoms with Crippen molar-refractivity contribution in [2.45, 2.75) is 13.8 Å². The number of aromatic nitrogens is 1. The van der Waals surface area contributed by atoms with Crippen molar-refractivity contribution in [1.82, 2.24) is 4.98 Å². The van der Waals surface area contributed by atoms with E-state index >= 15 is 0 Å². The molecule has 0 aliphatic carbocycles. The third-order valence-electron chi connectivity index (χ3n) is 2.81. The van der Waals surface area contributed by atoms with Crippen LogP contribution in [-0.2, 0) is 0 Å². The predicted molar refractivity (Wildman–Crippen MR) is 72.5 cm³/mol. The molecule has 0 unspecified atom stereocenters. The number of nitrogens with one attached hydrogen (secondary N) is 1. The Hall–Kier alpha value is -2.36. The number of hydrogen-bond donors (Lipinski definition) is 2. The molecule has 1 aromatic carbocycles. The highest BCUT2D eigenvalue weighted by Crippen LogP contribution is 2.15. The van der Waals surface area contributed by atoms with Gasteiger partial charge in [0.1, 0.15) is 5.82 Å². The van der Waals surface area contributed by atoms with Gasteiger partial charge in [0.05, 0.1) is 0 Å². The summed E-state index contributed by atoms with van der Waals surface area (Å²) in [5, 5.41) is 2.83. The molecule has 4 heteroatoms. The number of carbonyl (C=O) groups excluding carboxylic acids is 1. The summed E-state index contributed by atoms with van der Waals surface area (Å²) in [6.45, 7) is 4.04. The van der Waals surface area contributed by atoms with Crippen LogP contribution in [0.5, 0.6) is 0 Å². The van der Waals surface area contributed by atoms with Gasteiger partial charge >= 0.3 is 0 Å². The first kappa shape index (κ1) is 12.1. The molecular formula is C14H15N3O. The molecule has 3 N–H and O–H groups in total. The second kappa shape index (κ2) is 4.87. The minimum atomic E-state index is -0.188. The summed E-state index contributed by atoms with van der Waals surface area (Å²) in [5.74, 6) is 0.148. The van der Waals surface area contributed by atoms with Gasteiger partial charge in [0.25, 0.3) is 5.91 Å². The maximum absolute atomic E-state index is 12.0. The number of carbonyl (C=O) groups is 1. The van der Waals surface area contributed by atoms with Gasteiger partial charge in [-0.3, -0.25) is 4.79 Å². The van der Waals surface area contributed by atoms with Crippen molar-refractivity contribution in [1.29, 1.82) is 0 Å². The lowest BCUT2D eigenvalue weighted by molar-refractivity contribution is 0.102. The fraction of sp³-hybridized carbons (Fsp3) is 0.143. The van der Waals surface area contributed by atoms with Gasteiger partial charge in [-0.15, -0.1) is 0 Å². The molecule has 0 bridgehead atoms. The quantitative estimate of drug-likeness (QED) is 0.849. The van der Waals surface area contributed by atoms with Gasteiger partial charge in [-0.1, -0.05) is 6.07 Å². The lowest BCUT2D eigenvalue weighted by atomic mass is 10.1. The number of rotatable bonds is 2. The SMILES string of the molecule is Cc1ccc(NC(=O)c2ccnc(N)c2)cc1C. The van der Waals surface area contributed by atoms with Gasteiger partial charge in [0.2, 0.25) is 0 Å². The molecule has 0 atom stereocenters. The average Bonchev–Trinajstić information content (AvgIpc) is 2.34. The fourth-order valence-electron chi connectivity index (χ4n) is 1.61. The largest absolute Gasteiger partial charge is 0.384 e. The van der Waals surface area contributed by atoms with E-state index in [1.165, 1.54) is 11.8 Å². The van der Waals surface area contributed by atoms with E-state index in [0.29, 0.717) is 11.4 Å². The van der Waals surface area contributed by atoms with Crippen LogP contribution in [0.1, 0.15) is 21.5 Å². The average molecular weight is 241 g/mol. The highest BCUT2D eigenvalue weighted by atomic mass is 16.1. The van der Waals surface area contributed by atoms with Gasteiger partial charge < -0.3 is 11.1 Å². The number of hydrogen-bond acceptors (Lipinski definition) is 3. The van der Waals surface area contributed by atoms with Crippen molar-refractivity contribution in [3.8, 4) is 0 Å². The molecule has 4 nitrogen and oxygen atoms in total. The van der Waals surface area contributed by atoms with Crippen LogP contribution in [0.25, 0.3) is 0 Å². The molecule has 0 spiro atoms. The van der Waals surface area contributed by atoms with Gasteiger partial charge in [0, 0.05) is 17.4 Å². The van der Waals surface area contributed by atoms with Gasteiger partial charge in [0.15, 0.2) is 0 Å². The van der Waals surface area contributed by atoms with Crippen LogP contribution in [0.2, 0.25) is 0 Å². The number of nitrogens with two attached hydrogens (primary N) is 1. The summed E-state index contributed by atoms with van der Waals surface area (Å²) in [6.07, 6.45) is 1.52. The Bertz CT molecular complexity index is 593. The molecule has 18 heavy (non-hydrogen) atoms. The van der Waals surface area contributed by atoms with Crippen LogP contribution in [0.3, 0.4) is 0 Å². The number of amides is 1. The van der Waals surface area contributed by atoms with E-state index in [-0.39, 0.29) is 5.91 Å². The molecule has 0 fully saturated rings. The first-order valence-electron chi connectivity index (χ1n) is 5.66. The molecule has 2 rings (SSSR count). The maximum atomic E-state index is 12.0. The number of benzene rings is 1. The Morgan fingerprint density at radius 2 is 1.94 bits per heavy atom. The molecular weight excluding hydrogens is 226 g/mol. The Labute approximate surface area is 106 Å². The molecule has 2 aromatic rings. The first-order valence-corrected chi connectivity index (χ1v) is 5.66. The fourth-order valence-corrected chi connectivity index (χ4v) is 1.61. The minimum Gasteiger partial charge on any atom is -0.384 e. The van der Waals surface area contributed by atoms with E-state index in [1.54, 1.807) is 12.1 Å². The Morgan fingerprint density at radius 1 is 1.17 bits per heavy atom. The normalized spacial score (nSPS) is 10.1. The number of nitrogen functional groups attached to an aromatic ring is 1. The van der Waals surface area contributed by atoms with Crippen LogP contribution in [0.15, 0.2) is 36.5 Å². The Balaban J connectivity index is 2.18. The maximum Gasteiger partial charge on any atom is 0.255 e. The van der Waals surface area contributed by atoms with Crippen LogP contribution < -0.4 is 11.1 Å². The second-order valence-electron chi connectivity index (χ2n) is 4.22. The summed E-state index contributed by atoms with van der Waals surface area (Å²) in [7, 11) is 0. The van der Waals surface area contributed by atoms with Crippen LogP contribution in [0, 0.1) is 13.8 Å². The highest BCUT2D eigenvalue weighted by molar-refractivity contribution is 6.04. The summed E-state index contributed by atoms with van der Waals surface area (Å²) in [6, 6.07) is 8.98. The van der Waals surface area contributed by atoms with Crippen LogP contribution in [-0.4, -0.2) is 10.9 Å². The summed E-state index contributed by atoms with van der Waals surface area (Å²) < 4.78 is 0. The van der Waals surface area contributed by atoms with Gasteiger partial charge in [-0.2, -0.15) is 0 Å². The number of nitrogens with zero attached hydrogens (tertiary/aromatic N) is 1. The van der Waals surface area contributed by atoms with E-state index in [0.717, 1.165) is 11.3 Å². The second-order valence-corrected chi connectivity index (χ2v) is 4.22. The van der Waals surface area contributed by atoms with Gasteiger partial charge in [-0.05, 0) is 49.2 Å². The van der Waals surface area contributed by atoms with Crippen molar-refractivity contribution in [3.63, 3.8) is 0 Å². The predicted octanol–water partition coefficient (Wildman–Crippen LogP) is 2.53. The highest BCUT2D eigenvalue weighted by Gasteiger charge is 2.07. The van der Waals surface area contributed by atoms with E-state index in [4.69, 9.17) is 5.73 Å². The molecule has 0 aliphatic heterocycles. The molecule has 0 aliphatic rings. The van der Waals surface area contributed by atoms with Crippen molar-refractivity contribution < 1.29 is 4.79 Å². The minimum absolute atomic E-state index is 0.188. The molecule has 0 saturated heterocycles. The van der Waals surface area contributed by atoms with Crippen molar-refractivity contribution in [2.24, 2.45) is 0 Å². The van der Waals surface area contributed by atoms with E-state index in [1.807, 2.05) is 32.0 Å². The molecule has 1 heterocycles. The molecule has 92 valence electrons. The Kier molecular flexibility index (Phi) is 3.28. The van der Waals surface area contributed by atoms with Crippen LogP contribution in [0.4, 0.5) is 11.5 Å². The molecule has 1 aromatic heterocycles. The van der Waals surface area contributed by atoms with E-state index in [9.17, 15) is 4.79 Å². The van der Waals surface area contributed by atoms with Gasteiger partial charge in [-0.25, -0.2) is 4.98 Å². The molecule has 1 amide bonds. The van der Waals surface area contributed by atoms with Crippen molar-refractivity contribution in [3.05, 3.63) is 53.2 Å². The third kappa shape index (κ3) is 2.66.